The van der Waals surface area contributed by atoms with Gasteiger partial charge in [0.25, 0.3) is 0 Å². The van der Waals surface area contributed by atoms with E-state index < -0.39 is 35.0 Å². The molecule has 1 rings (SSSR count). The highest BCUT2D eigenvalue weighted by molar-refractivity contribution is 5.75. The SMILES string of the molecule is CCCCCCCCCCCCCCCCCC(=O)NCCOCCOCCOCCC(=O)Oc1c(F)c(F)cc(F)c1F. The maximum atomic E-state index is 13.5. The van der Waals surface area contributed by atoms with Crippen molar-refractivity contribution in [2.45, 2.75) is 116 Å². The van der Waals surface area contributed by atoms with Gasteiger partial charge in [0.2, 0.25) is 23.3 Å². The highest BCUT2D eigenvalue weighted by atomic mass is 19.2. The number of benzene rings is 1. The van der Waals surface area contributed by atoms with Gasteiger partial charge < -0.3 is 24.3 Å². The molecule has 1 amide bonds. The van der Waals surface area contributed by atoms with Crippen LogP contribution in [0.15, 0.2) is 6.07 Å². The minimum absolute atomic E-state index is 0.0246. The minimum Gasteiger partial charge on any atom is -0.420 e. The minimum atomic E-state index is -1.79. The molecule has 0 saturated carbocycles. The van der Waals surface area contributed by atoms with E-state index in [4.69, 9.17) is 14.2 Å². The molecule has 44 heavy (non-hydrogen) atoms. The molecular weight excluding hydrogens is 582 g/mol. The second kappa shape index (κ2) is 27.1. The van der Waals surface area contributed by atoms with Gasteiger partial charge >= 0.3 is 5.97 Å². The Hall–Kier alpha value is -2.24. The summed E-state index contributed by atoms with van der Waals surface area (Å²) in [5.74, 6) is -9.39. The van der Waals surface area contributed by atoms with Gasteiger partial charge in [-0.05, 0) is 6.42 Å². The van der Waals surface area contributed by atoms with Crippen molar-refractivity contribution in [2.24, 2.45) is 0 Å². The fourth-order valence-electron chi connectivity index (χ4n) is 4.51. The third kappa shape index (κ3) is 20.7. The molecule has 7 nitrogen and oxygen atoms in total. The van der Waals surface area contributed by atoms with Crippen LogP contribution in [0.25, 0.3) is 0 Å². The highest BCUT2D eigenvalue weighted by Gasteiger charge is 2.22. The van der Waals surface area contributed by atoms with Crippen LogP contribution in [0.3, 0.4) is 0 Å². The molecule has 254 valence electrons. The van der Waals surface area contributed by atoms with Gasteiger partial charge in [0.1, 0.15) is 0 Å². The quantitative estimate of drug-likeness (QED) is 0.0316. The van der Waals surface area contributed by atoms with Crippen LogP contribution >= 0.6 is 0 Å². The van der Waals surface area contributed by atoms with E-state index in [1.54, 1.807) is 0 Å². The van der Waals surface area contributed by atoms with Crippen LogP contribution < -0.4 is 10.1 Å². The van der Waals surface area contributed by atoms with Crippen molar-refractivity contribution in [3.8, 4) is 5.75 Å². The fourth-order valence-corrected chi connectivity index (χ4v) is 4.51. The van der Waals surface area contributed by atoms with Crippen LogP contribution in [0.4, 0.5) is 17.6 Å². The van der Waals surface area contributed by atoms with Crippen molar-refractivity contribution in [3.63, 3.8) is 0 Å². The Balaban J connectivity index is 1.82. The van der Waals surface area contributed by atoms with Gasteiger partial charge in [-0.2, -0.15) is 8.78 Å². The third-order valence-corrected chi connectivity index (χ3v) is 7.06. The van der Waals surface area contributed by atoms with Crippen molar-refractivity contribution < 1.29 is 46.1 Å². The van der Waals surface area contributed by atoms with Crippen molar-refractivity contribution in [3.05, 3.63) is 29.3 Å². The lowest BCUT2D eigenvalue weighted by Gasteiger charge is -2.09. The molecule has 11 heteroatoms. The Kier molecular flexibility index (Phi) is 24.5. The van der Waals surface area contributed by atoms with Crippen molar-refractivity contribution in [1.82, 2.24) is 5.32 Å². The van der Waals surface area contributed by atoms with Crippen molar-refractivity contribution >= 4 is 11.9 Å². The summed E-state index contributed by atoms with van der Waals surface area (Å²) in [5, 5.41) is 2.85. The molecule has 0 atom stereocenters. The van der Waals surface area contributed by atoms with Crippen molar-refractivity contribution in [1.29, 1.82) is 0 Å². The Morgan fingerprint density at radius 3 is 1.52 bits per heavy atom. The number of carbonyl (C=O) groups excluding carboxylic acids is 2. The molecule has 0 unspecified atom stereocenters. The van der Waals surface area contributed by atoms with Crippen LogP contribution in [0.2, 0.25) is 0 Å². The van der Waals surface area contributed by atoms with Crippen molar-refractivity contribution in [2.75, 3.05) is 46.2 Å². The molecule has 1 aromatic rings. The first-order valence-corrected chi connectivity index (χ1v) is 16.4. The zero-order valence-corrected chi connectivity index (χ0v) is 26.5. The molecule has 0 fully saturated rings. The summed E-state index contributed by atoms with van der Waals surface area (Å²) >= 11 is 0. The lowest BCUT2D eigenvalue weighted by Crippen LogP contribution is -2.27. The molecule has 0 bridgehead atoms. The number of carbonyl (C=O) groups is 2. The van der Waals surface area contributed by atoms with Gasteiger partial charge in [0.05, 0.1) is 46.1 Å². The zero-order valence-electron chi connectivity index (χ0n) is 26.5. The molecular formula is C33H53F4NO6. The maximum Gasteiger partial charge on any atom is 0.313 e. The zero-order chi connectivity index (χ0) is 32.3. The van der Waals surface area contributed by atoms with Crippen LogP contribution in [0.5, 0.6) is 5.75 Å². The molecule has 0 heterocycles. The summed E-state index contributed by atoms with van der Waals surface area (Å²) in [6.45, 7) is 3.93. The number of ether oxygens (including phenoxy) is 4. The number of halogens is 4. The molecule has 1 aromatic carbocycles. The summed E-state index contributed by atoms with van der Waals surface area (Å²) in [6.07, 6.45) is 19.6. The maximum absolute atomic E-state index is 13.5. The largest absolute Gasteiger partial charge is 0.420 e. The van der Waals surface area contributed by atoms with E-state index in [1.165, 1.54) is 83.5 Å². The van der Waals surface area contributed by atoms with Crippen LogP contribution in [-0.4, -0.2) is 58.1 Å². The monoisotopic (exact) mass is 635 g/mol. The molecule has 0 aliphatic rings. The average molecular weight is 636 g/mol. The number of rotatable bonds is 29. The summed E-state index contributed by atoms with van der Waals surface area (Å²) in [7, 11) is 0. The first-order valence-electron chi connectivity index (χ1n) is 16.4. The third-order valence-electron chi connectivity index (χ3n) is 7.06. The molecule has 0 saturated heterocycles. The van der Waals surface area contributed by atoms with E-state index in [0.29, 0.717) is 32.8 Å². The Morgan fingerprint density at radius 2 is 1.02 bits per heavy atom. The van der Waals surface area contributed by atoms with Gasteiger partial charge in [0.15, 0.2) is 11.6 Å². The van der Waals surface area contributed by atoms with Gasteiger partial charge in [-0.1, -0.05) is 96.8 Å². The summed E-state index contributed by atoms with van der Waals surface area (Å²) in [6, 6.07) is 0.0246. The van der Waals surface area contributed by atoms with E-state index in [9.17, 15) is 27.2 Å². The Morgan fingerprint density at radius 1 is 0.591 bits per heavy atom. The smallest absolute Gasteiger partial charge is 0.313 e. The lowest BCUT2D eigenvalue weighted by molar-refractivity contribution is -0.136. The van der Waals surface area contributed by atoms with E-state index in [-0.39, 0.29) is 38.2 Å². The summed E-state index contributed by atoms with van der Waals surface area (Å²) in [4.78, 5) is 23.6. The first kappa shape index (κ1) is 39.8. The number of hydrogen-bond acceptors (Lipinski definition) is 6. The number of amides is 1. The number of unbranched alkanes of at least 4 members (excludes halogenated alkanes) is 14. The second-order valence-corrected chi connectivity index (χ2v) is 10.9. The number of nitrogens with one attached hydrogen (secondary N) is 1. The molecule has 0 aliphatic carbocycles. The van der Waals surface area contributed by atoms with Crippen LogP contribution in [0, 0.1) is 23.3 Å². The predicted octanol–water partition coefficient (Wildman–Crippen LogP) is 7.97. The predicted molar refractivity (Wildman–Crippen MR) is 162 cm³/mol. The van der Waals surface area contributed by atoms with Gasteiger partial charge in [-0.3, -0.25) is 9.59 Å². The van der Waals surface area contributed by atoms with Gasteiger partial charge in [-0.15, -0.1) is 0 Å². The standard InChI is InChI=1S/C33H53F4NO6/c1-2-3-4-5-6-7-8-9-10-11-12-13-14-15-16-17-29(39)38-19-21-42-23-25-43-24-22-41-20-18-30(40)44-33-31(36)27(34)26-28(35)32(33)37/h26H,2-25H2,1H3,(H,38,39). The molecule has 0 spiro atoms. The van der Waals surface area contributed by atoms with Gasteiger partial charge in [-0.25, -0.2) is 8.78 Å². The lowest BCUT2D eigenvalue weighted by atomic mass is 10.0. The summed E-state index contributed by atoms with van der Waals surface area (Å²) < 4.78 is 73.6. The number of hydrogen-bond donors (Lipinski definition) is 1. The van der Waals surface area contributed by atoms with Crippen LogP contribution in [0.1, 0.15) is 116 Å². The van der Waals surface area contributed by atoms with E-state index in [0.717, 1.165) is 12.8 Å². The molecule has 0 aliphatic heterocycles. The Labute approximate surface area is 260 Å². The summed E-state index contributed by atoms with van der Waals surface area (Å²) in [5.41, 5.74) is 0. The fraction of sp³-hybridized carbons (Fsp3) is 0.758. The first-order chi connectivity index (χ1) is 21.4. The van der Waals surface area contributed by atoms with E-state index in [2.05, 4.69) is 17.0 Å². The topological polar surface area (TPSA) is 83.1 Å². The molecule has 1 N–H and O–H groups in total. The van der Waals surface area contributed by atoms with E-state index in [1.807, 2.05) is 0 Å². The normalized spacial score (nSPS) is 11.2. The molecule has 0 aromatic heterocycles. The van der Waals surface area contributed by atoms with E-state index >= 15 is 0 Å². The number of esters is 1. The van der Waals surface area contributed by atoms with Crippen LogP contribution in [-0.2, 0) is 23.8 Å². The Bertz CT molecular complexity index is 879. The van der Waals surface area contributed by atoms with Gasteiger partial charge in [0, 0.05) is 19.0 Å². The molecule has 0 radical (unpaired) electrons. The highest BCUT2D eigenvalue weighted by Crippen LogP contribution is 2.26. The second-order valence-electron chi connectivity index (χ2n) is 10.9. The average Bonchev–Trinajstić information content (AvgIpc) is 3.00.